The number of rotatable bonds is 5. The topological polar surface area (TPSA) is 18.5 Å². The van der Waals surface area contributed by atoms with Crippen LogP contribution in [0.15, 0.2) is 24.3 Å². The lowest BCUT2D eigenvalue weighted by molar-refractivity contribution is 0.111. The number of hydrogen-bond acceptors (Lipinski definition) is 2. The lowest BCUT2D eigenvalue weighted by Gasteiger charge is -2.11. The van der Waals surface area contributed by atoms with Crippen LogP contribution >= 0.6 is 0 Å². The first-order chi connectivity index (χ1) is 6.77. The molecule has 0 amide bonds. The van der Waals surface area contributed by atoms with Crippen LogP contribution in [-0.2, 0) is 11.2 Å². The highest BCUT2D eigenvalue weighted by Crippen LogP contribution is 2.19. The van der Waals surface area contributed by atoms with Crippen molar-refractivity contribution in [3.8, 4) is 5.75 Å². The second kappa shape index (κ2) is 5.66. The van der Waals surface area contributed by atoms with Gasteiger partial charge in [-0.2, -0.15) is 0 Å². The van der Waals surface area contributed by atoms with Crippen molar-refractivity contribution in [3.63, 3.8) is 0 Å². The van der Waals surface area contributed by atoms with Crippen molar-refractivity contribution in [1.82, 2.24) is 0 Å². The highest BCUT2D eigenvalue weighted by atomic mass is 16.5. The van der Waals surface area contributed by atoms with Gasteiger partial charge < -0.3 is 9.47 Å². The minimum absolute atomic E-state index is 0.305. The number of aryl methyl sites for hydroxylation is 1. The summed E-state index contributed by atoms with van der Waals surface area (Å²) in [6, 6.07) is 8.12. The Morgan fingerprint density at radius 1 is 1.21 bits per heavy atom. The van der Waals surface area contributed by atoms with Crippen molar-refractivity contribution >= 4 is 0 Å². The van der Waals surface area contributed by atoms with Gasteiger partial charge in [0, 0.05) is 7.11 Å². The fraction of sp³-hybridized carbons (Fsp3) is 0.500. The van der Waals surface area contributed by atoms with Gasteiger partial charge in [-0.1, -0.05) is 18.2 Å². The van der Waals surface area contributed by atoms with Crippen LogP contribution in [-0.4, -0.2) is 20.3 Å². The van der Waals surface area contributed by atoms with Crippen LogP contribution in [0.4, 0.5) is 0 Å². The molecule has 1 aromatic carbocycles. The van der Waals surface area contributed by atoms with Crippen LogP contribution in [0.5, 0.6) is 5.75 Å². The molecule has 0 saturated carbocycles. The Morgan fingerprint density at radius 3 is 2.57 bits per heavy atom. The molecular weight excluding hydrogens is 176 g/mol. The Hall–Kier alpha value is -1.02. The van der Waals surface area contributed by atoms with Gasteiger partial charge in [0.05, 0.1) is 13.2 Å². The summed E-state index contributed by atoms with van der Waals surface area (Å²) in [5.74, 6) is 0.968. The van der Waals surface area contributed by atoms with Gasteiger partial charge in [-0.05, 0) is 31.4 Å². The zero-order chi connectivity index (χ0) is 10.4. The summed E-state index contributed by atoms with van der Waals surface area (Å²) in [6.45, 7) is 2.08. The van der Waals surface area contributed by atoms with E-state index < -0.39 is 0 Å². The molecule has 0 aromatic heterocycles. The standard InChI is InChI=1S/C12H18O2/c1-10(13-2)8-9-11-6-4-5-7-12(11)14-3/h4-7,10H,8-9H2,1-3H3. The first-order valence-corrected chi connectivity index (χ1v) is 4.92. The maximum absolute atomic E-state index is 5.27. The molecule has 1 atom stereocenters. The second-order valence-corrected chi connectivity index (χ2v) is 3.40. The summed E-state index contributed by atoms with van der Waals surface area (Å²) < 4.78 is 10.5. The molecule has 0 bridgehead atoms. The van der Waals surface area contributed by atoms with Gasteiger partial charge in [0.25, 0.3) is 0 Å². The second-order valence-electron chi connectivity index (χ2n) is 3.40. The zero-order valence-electron chi connectivity index (χ0n) is 9.12. The van der Waals surface area contributed by atoms with E-state index in [1.54, 1.807) is 14.2 Å². The van der Waals surface area contributed by atoms with Gasteiger partial charge in [-0.15, -0.1) is 0 Å². The summed E-state index contributed by atoms with van der Waals surface area (Å²) in [5.41, 5.74) is 1.25. The summed E-state index contributed by atoms with van der Waals surface area (Å²) >= 11 is 0. The first-order valence-electron chi connectivity index (χ1n) is 4.92. The van der Waals surface area contributed by atoms with Crippen LogP contribution in [0.3, 0.4) is 0 Å². The van der Waals surface area contributed by atoms with Crippen LogP contribution in [0.1, 0.15) is 18.9 Å². The molecule has 0 spiro atoms. The molecule has 0 fully saturated rings. The number of methoxy groups -OCH3 is 2. The van der Waals surface area contributed by atoms with Crippen LogP contribution in [0.2, 0.25) is 0 Å². The highest BCUT2D eigenvalue weighted by Gasteiger charge is 2.04. The molecule has 78 valence electrons. The van der Waals surface area contributed by atoms with E-state index in [4.69, 9.17) is 9.47 Å². The van der Waals surface area contributed by atoms with Crippen molar-refractivity contribution in [1.29, 1.82) is 0 Å². The maximum atomic E-state index is 5.27. The Labute approximate surface area is 85.8 Å². The third kappa shape index (κ3) is 3.04. The van der Waals surface area contributed by atoms with E-state index in [1.165, 1.54) is 5.56 Å². The largest absolute Gasteiger partial charge is 0.496 e. The van der Waals surface area contributed by atoms with Crippen LogP contribution in [0.25, 0.3) is 0 Å². The monoisotopic (exact) mass is 194 g/mol. The van der Waals surface area contributed by atoms with Gasteiger partial charge in [0.15, 0.2) is 0 Å². The molecular formula is C12H18O2. The molecule has 14 heavy (non-hydrogen) atoms. The lowest BCUT2D eigenvalue weighted by atomic mass is 10.1. The molecule has 1 rings (SSSR count). The Bertz CT molecular complexity index is 271. The first kappa shape index (κ1) is 11.1. The minimum atomic E-state index is 0.305. The summed E-state index contributed by atoms with van der Waals surface area (Å²) in [7, 11) is 3.45. The average Bonchev–Trinajstić information content (AvgIpc) is 2.26. The van der Waals surface area contributed by atoms with Gasteiger partial charge in [0.2, 0.25) is 0 Å². The molecule has 0 aliphatic carbocycles. The van der Waals surface area contributed by atoms with E-state index >= 15 is 0 Å². The maximum Gasteiger partial charge on any atom is 0.122 e. The van der Waals surface area contributed by atoms with Gasteiger partial charge in [-0.3, -0.25) is 0 Å². The SMILES string of the molecule is COc1ccccc1CCC(C)OC. The van der Waals surface area contributed by atoms with Crippen molar-refractivity contribution in [2.45, 2.75) is 25.9 Å². The number of para-hydroxylation sites is 1. The quantitative estimate of drug-likeness (QED) is 0.717. The van der Waals surface area contributed by atoms with Crippen LogP contribution < -0.4 is 4.74 Å². The third-order valence-electron chi connectivity index (χ3n) is 2.42. The van der Waals surface area contributed by atoms with E-state index in [2.05, 4.69) is 13.0 Å². The number of benzene rings is 1. The Kier molecular flexibility index (Phi) is 4.47. The molecule has 1 unspecified atom stereocenters. The lowest BCUT2D eigenvalue weighted by Crippen LogP contribution is -2.06. The Morgan fingerprint density at radius 2 is 1.93 bits per heavy atom. The fourth-order valence-corrected chi connectivity index (χ4v) is 1.39. The Balaban J connectivity index is 2.57. The van der Waals surface area contributed by atoms with Crippen molar-refractivity contribution in [2.24, 2.45) is 0 Å². The van der Waals surface area contributed by atoms with Gasteiger partial charge in [-0.25, -0.2) is 0 Å². The fourth-order valence-electron chi connectivity index (χ4n) is 1.39. The molecule has 0 N–H and O–H groups in total. The summed E-state index contributed by atoms with van der Waals surface area (Å²) in [6.07, 6.45) is 2.33. The van der Waals surface area contributed by atoms with E-state index in [0.29, 0.717) is 6.10 Å². The zero-order valence-corrected chi connectivity index (χ0v) is 9.12. The van der Waals surface area contributed by atoms with E-state index in [-0.39, 0.29) is 0 Å². The van der Waals surface area contributed by atoms with Crippen molar-refractivity contribution < 1.29 is 9.47 Å². The summed E-state index contributed by atoms with van der Waals surface area (Å²) in [5, 5.41) is 0. The molecule has 0 radical (unpaired) electrons. The molecule has 2 nitrogen and oxygen atoms in total. The van der Waals surface area contributed by atoms with Gasteiger partial charge >= 0.3 is 0 Å². The van der Waals surface area contributed by atoms with Gasteiger partial charge in [0.1, 0.15) is 5.75 Å². The smallest absolute Gasteiger partial charge is 0.122 e. The molecule has 0 aliphatic heterocycles. The predicted molar refractivity (Wildman–Crippen MR) is 57.8 cm³/mol. The molecule has 2 heteroatoms. The van der Waals surface area contributed by atoms with E-state index in [1.807, 2.05) is 18.2 Å². The number of ether oxygens (including phenoxy) is 2. The van der Waals surface area contributed by atoms with Crippen molar-refractivity contribution in [2.75, 3.05) is 14.2 Å². The normalized spacial score (nSPS) is 12.5. The van der Waals surface area contributed by atoms with Crippen molar-refractivity contribution in [3.05, 3.63) is 29.8 Å². The molecule has 0 aliphatic rings. The average molecular weight is 194 g/mol. The number of hydrogen-bond donors (Lipinski definition) is 0. The third-order valence-corrected chi connectivity index (χ3v) is 2.42. The predicted octanol–water partition coefficient (Wildman–Crippen LogP) is 2.66. The van der Waals surface area contributed by atoms with Crippen LogP contribution in [0, 0.1) is 0 Å². The molecule has 1 aromatic rings. The minimum Gasteiger partial charge on any atom is -0.496 e. The van der Waals surface area contributed by atoms with E-state index in [0.717, 1.165) is 18.6 Å². The molecule has 0 saturated heterocycles. The van der Waals surface area contributed by atoms with E-state index in [9.17, 15) is 0 Å². The highest BCUT2D eigenvalue weighted by molar-refractivity contribution is 5.33. The molecule has 0 heterocycles. The summed E-state index contributed by atoms with van der Waals surface area (Å²) in [4.78, 5) is 0.